The van der Waals surface area contributed by atoms with Gasteiger partial charge in [-0.05, 0) is 19.3 Å². The Balaban J connectivity index is 2.21. The smallest absolute Gasteiger partial charge is 0.244 e. The predicted molar refractivity (Wildman–Crippen MR) is 75.8 cm³/mol. The van der Waals surface area contributed by atoms with Crippen molar-refractivity contribution < 1.29 is 14.3 Å². The molecule has 1 aliphatic rings. The van der Waals surface area contributed by atoms with Gasteiger partial charge in [0.1, 0.15) is 12.9 Å². The van der Waals surface area contributed by atoms with E-state index in [1.807, 2.05) is 6.92 Å². The molecule has 4 heteroatoms. The van der Waals surface area contributed by atoms with E-state index in [1.165, 1.54) is 19.3 Å². The highest BCUT2D eigenvalue weighted by atomic mass is 16.7. The molecule has 1 N–H and O–H groups in total. The molecule has 0 aromatic rings. The Bertz CT molecular complexity index is 296. The van der Waals surface area contributed by atoms with E-state index in [2.05, 4.69) is 19.2 Å². The van der Waals surface area contributed by atoms with E-state index < -0.39 is 0 Å². The Morgan fingerprint density at radius 1 is 1.53 bits per heavy atom. The molecule has 0 radical (unpaired) electrons. The molecule has 1 fully saturated rings. The Hall–Kier alpha value is -0.870. The van der Waals surface area contributed by atoms with E-state index in [1.54, 1.807) is 6.08 Å². The van der Waals surface area contributed by atoms with Crippen molar-refractivity contribution in [1.29, 1.82) is 0 Å². The molecule has 2 unspecified atom stereocenters. The van der Waals surface area contributed by atoms with Gasteiger partial charge >= 0.3 is 0 Å². The predicted octanol–water partition coefficient (Wildman–Crippen LogP) is 2.64. The Morgan fingerprint density at radius 2 is 2.32 bits per heavy atom. The minimum Gasteiger partial charge on any atom is -0.353 e. The minimum absolute atomic E-state index is 0.00105. The normalized spacial score (nSPS) is 21.4. The molecular formula is C15H27NO3. The summed E-state index contributed by atoms with van der Waals surface area (Å²) in [6.07, 6.45) is 6.43. The quantitative estimate of drug-likeness (QED) is 0.689. The van der Waals surface area contributed by atoms with Crippen LogP contribution in [0.15, 0.2) is 11.6 Å². The Labute approximate surface area is 116 Å². The van der Waals surface area contributed by atoms with Gasteiger partial charge in [-0.2, -0.15) is 0 Å². The molecular weight excluding hydrogens is 242 g/mol. The van der Waals surface area contributed by atoms with Gasteiger partial charge < -0.3 is 14.8 Å². The SMILES string of the molecule is CCCCC(C)CC(C)=CC(=O)NCC1COCO1. The van der Waals surface area contributed by atoms with E-state index in [0.29, 0.717) is 25.9 Å². The van der Waals surface area contributed by atoms with E-state index in [9.17, 15) is 4.79 Å². The van der Waals surface area contributed by atoms with Crippen molar-refractivity contribution in [2.45, 2.75) is 52.6 Å². The maximum absolute atomic E-state index is 11.7. The van der Waals surface area contributed by atoms with Gasteiger partial charge in [0, 0.05) is 12.6 Å². The first-order valence-electron chi connectivity index (χ1n) is 7.26. The van der Waals surface area contributed by atoms with Gasteiger partial charge in [0.15, 0.2) is 0 Å². The average Bonchev–Trinajstić information content (AvgIpc) is 2.86. The summed E-state index contributed by atoms with van der Waals surface area (Å²) < 4.78 is 10.3. The number of unbranched alkanes of at least 4 members (excludes halogenated alkanes) is 1. The highest BCUT2D eigenvalue weighted by molar-refractivity contribution is 5.88. The summed E-state index contributed by atoms with van der Waals surface area (Å²) >= 11 is 0. The molecule has 110 valence electrons. The highest BCUT2D eigenvalue weighted by Crippen LogP contribution is 2.16. The number of hydrogen-bond donors (Lipinski definition) is 1. The summed E-state index contributed by atoms with van der Waals surface area (Å²) in [6, 6.07) is 0. The molecule has 19 heavy (non-hydrogen) atoms. The lowest BCUT2D eigenvalue weighted by atomic mass is 9.96. The molecule has 0 aromatic heterocycles. The summed E-state index contributed by atoms with van der Waals surface area (Å²) in [5.41, 5.74) is 1.14. The van der Waals surface area contributed by atoms with Gasteiger partial charge in [-0.1, -0.05) is 38.7 Å². The number of ether oxygens (including phenoxy) is 2. The third-order valence-corrected chi connectivity index (χ3v) is 3.29. The molecule has 1 aliphatic heterocycles. The fourth-order valence-corrected chi connectivity index (χ4v) is 2.24. The lowest BCUT2D eigenvalue weighted by Crippen LogP contribution is -2.32. The lowest BCUT2D eigenvalue weighted by molar-refractivity contribution is -0.117. The first-order chi connectivity index (χ1) is 9.11. The topological polar surface area (TPSA) is 47.6 Å². The van der Waals surface area contributed by atoms with Gasteiger partial charge in [0.25, 0.3) is 0 Å². The molecule has 0 aliphatic carbocycles. The second-order valence-electron chi connectivity index (χ2n) is 5.46. The lowest BCUT2D eigenvalue weighted by Gasteiger charge is -2.11. The molecule has 1 rings (SSSR count). The highest BCUT2D eigenvalue weighted by Gasteiger charge is 2.16. The van der Waals surface area contributed by atoms with Crippen molar-refractivity contribution in [2.75, 3.05) is 19.9 Å². The molecule has 1 heterocycles. The first kappa shape index (κ1) is 16.2. The maximum atomic E-state index is 11.7. The zero-order chi connectivity index (χ0) is 14.1. The van der Waals surface area contributed by atoms with Crippen LogP contribution in [0.3, 0.4) is 0 Å². The first-order valence-corrected chi connectivity index (χ1v) is 7.26. The number of amides is 1. The number of carbonyl (C=O) groups excluding carboxylic acids is 1. The number of hydrogen-bond acceptors (Lipinski definition) is 3. The Kier molecular flexibility index (Phi) is 7.75. The van der Waals surface area contributed by atoms with Crippen LogP contribution in [0, 0.1) is 5.92 Å². The van der Waals surface area contributed by atoms with Gasteiger partial charge in [-0.3, -0.25) is 4.79 Å². The zero-order valence-corrected chi connectivity index (χ0v) is 12.4. The number of rotatable bonds is 8. The minimum atomic E-state index is -0.0318. The Morgan fingerprint density at radius 3 is 2.95 bits per heavy atom. The third kappa shape index (κ3) is 7.33. The summed E-state index contributed by atoms with van der Waals surface area (Å²) in [4.78, 5) is 11.7. The fraction of sp³-hybridized carbons (Fsp3) is 0.800. The number of carbonyl (C=O) groups is 1. The van der Waals surface area contributed by atoms with Gasteiger partial charge in [0.05, 0.1) is 6.61 Å². The van der Waals surface area contributed by atoms with E-state index in [4.69, 9.17) is 9.47 Å². The second kappa shape index (κ2) is 9.10. The molecule has 4 nitrogen and oxygen atoms in total. The molecule has 0 bridgehead atoms. The van der Waals surface area contributed by atoms with Crippen molar-refractivity contribution in [1.82, 2.24) is 5.32 Å². The van der Waals surface area contributed by atoms with Crippen molar-refractivity contribution in [3.63, 3.8) is 0 Å². The molecule has 2 atom stereocenters. The van der Waals surface area contributed by atoms with Crippen LogP contribution < -0.4 is 5.32 Å². The zero-order valence-electron chi connectivity index (χ0n) is 12.4. The summed E-state index contributed by atoms with van der Waals surface area (Å²) in [5, 5.41) is 2.85. The van der Waals surface area contributed by atoms with Crippen LogP contribution in [-0.2, 0) is 14.3 Å². The maximum Gasteiger partial charge on any atom is 0.244 e. The van der Waals surface area contributed by atoms with Crippen molar-refractivity contribution >= 4 is 5.91 Å². The standard InChI is InChI=1S/C15H27NO3/c1-4-5-6-12(2)7-13(3)8-15(17)16-9-14-10-18-11-19-14/h8,12,14H,4-7,9-11H2,1-3H3,(H,16,17). The van der Waals surface area contributed by atoms with Crippen LogP contribution in [0.25, 0.3) is 0 Å². The van der Waals surface area contributed by atoms with Crippen LogP contribution in [-0.4, -0.2) is 32.0 Å². The molecule has 0 aromatic carbocycles. The van der Waals surface area contributed by atoms with Gasteiger partial charge in [0.2, 0.25) is 5.91 Å². The van der Waals surface area contributed by atoms with Crippen LogP contribution >= 0.6 is 0 Å². The van der Waals surface area contributed by atoms with E-state index >= 15 is 0 Å². The van der Waals surface area contributed by atoms with Crippen LogP contribution in [0.5, 0.6) is 0 Å². The molecule has 0 saturated carbocycles. The van der Waals surface area contributed by atoms with Crippen LogP contribution in [0.2, 0.25) is 0 Å². The van der Waals surface area contributed by atoms with Crippen molar-refractivity contribution in [3.8, 4) is 0 Å². The van der Waals surface area contributed by atoms with Crippen molar-refractivity contribution in [3.05, 3.63) is 11.6 Å². The molecule has 0 spiro atoms. The third-order valence-electron chi connectivity index (χ3n) is 3.29. The van der Waals surface area contributed by atoms with Crippen LogP contribution in [0.4, 0.5) is 0 Å². The molecule has 1 amide bonds. The van der Waals surface area contributed by atoms with E-state index in [0.717, 1.165) is 12.0 Å². The second-order valence-corrected chi connectivity index (χ2v) is 5.46. The summed E-state index contributed by atoms with van der Waals surface area (Å²) in [7, 11) is 0. The summed E-state index contributed by atoms with van der Waals surface area (Å²) in [5.74, 6) is 0.617. The molecule has 1 saturated heterocycles. The van der Waals surface area contributed by atoms with Gasteiger partial charge in [-0.25, -0.2) is 0 Å². The van der Waals surface area contributed by atoms with Crippen molar-refractivity contribution in [2.24, 2.45) is 5.92 Å². The van der Waals surface area contributed by atoms with Crippen LogP contribution in [0.1, 0.15) is 46.5 Å². The fourth-order valence-electron chi connectivity index (χ4n) is 2.24. The van der Waals surface area contributed by atoms with E-state index in [-0.39, 0.29) is 12.0 Å². The van der Waals surface area contributed by atoms with Gasteiger partial charge in [-0.15, -0.1) is 0 Å². The summed E-state index contributed by atoms with van der Waals surface area (Å²) in [6.45, 7) is 7.90. The average molecular weight is 269 g/mol. The number of nitrogens with one attached hydrogen (secondary N) is 1. The largest absolute Gasteiger partial charge is 0.353 e. The monoisotopic (exact) mass is 269 g/mol. The number of allylic oxidation sites excluding steroid dienone is 1.